The van der Waals surface area contributed by atoms with Crippen molar-refractivity contribution in [3.8, 4) is 10.8 Å². The fraction of sp³-hybridized carbons (Fsp3) is 0.0556. The summed E-state index contributed by atoms with van der Waals surface area (Å²) < 4.78 is 33.1. The number of carbonyl (C=O) groups excluding carboxylic acids is 1. The lowest BCUT2D eigenvalue weighted by atomic mass is 10.2. The van der Waals surface area contributed by atoms with Crippen molar-refractivity contribution in [3.05, 3.63) is 59.1 Å². The first-order valence-electron chi connectivity index (χ1n) is 7.90. The van der Waals surface area contributed by atoms with E-state index in [4.69, 9.17) is 16.0 Å². The van der Waals surface area contributed by atoms with Gasteiger partial charge in [0.05, 0.1) is 16.5 Å². The summed E-state index contributed by atoms with van der Waals surface area (Å²) in [5.74, 6) is -1.88. The Morgan fingerprint density at radius 2 is 2.04 bits per heavy atom. The molecule has 10 heteroatoms. The van der Waals surface area contributed by atoms with Gasteiger partial charge in [0, 0.05) is 16.2 Å². The van der Waals surface area contributed by atoms with Crippen molar-refractivity contribution in [1.82, 2.24) is 10.2 Å². The number of thiophene rings is 1. The van der Waals surface area contributed by atoms with Crippen LogP contribution >= 0.6 is 34.7 Å². The Kier molecular flexibility index (Phi) is 5.29. The molecule has 1 amide bonds. The van der Waals surface area contributed by atoms with Crippen molar-refractivity contribution in [2.75, 3.05) is 11.1 Å². The number of benzene rings is 2. The lowest BCUT2D eigenvalue weighted by Gasteiger charge is -2.05. The fourth-order valence-electron chi connectivity index (χ4n) is 2.42. The lowest BCUT2D eigenvalue weighted by Crippen LogP contribution is -2.15. The van der Waals surface area contributed by atoms with Crippen LogP contribution in [0.5, 0.6) is 0 Å². The third-order valence-electron chi connectivity index (χ3n) is 3.67. The van der Waals surface area contributed by atoms with Gasteiger partial charge < -0.3 is 9.73 Å². The number of rotatable bonds is 5. The predicted molar refractivity (Wildman–Crippen MR) is 106 cm³/mol. The molecule has 0 atom stereocenters. The molecule has 0 radical (unpaired) electrons. The van der Waals surface area contributed by atoms with Crippen molar-refractivity contribution in [1.29, 1.82) is 0 Å². The second kappa shape index (κ2) is 7.86. The molecule has 0 spiro atoms. The number of thioether (sulfide) groups is 1. The van der Waals surface area contributed by atoms with Crippen LogP contribution in [0.15, 0.2) is 52.1 Å². The molecule has 4 rings (SSSR count). The first kappa shape index (κ1) is 18.9. The second-order valence-electron chi connectivity index (χ2n) is 5.58. The van der Waals surface area contributed by atoms with Crippen LogP contribution in [-0.4, -0.2) is 21.9 Å². The summed E-state index contributed by atoms with van der Waals surface area (Å²) in [5, 5.41) is 11.9. The Balaban J connectivity index is 1.43. The van der Waals surface area contributed by atoms with E-state index in [0.717, 1.165) is 34.0 Å². The number of anilines is 1. The quantitative estimate of drug-likeness (QED) is 0.411. The van der Waals surface area contributed by atoms with Gasteiger partial charge in [0.1, 0.15) is 16.5 Å². The van der Waals surface area contributed by atoms with Crippen molar-refractivity contribution in [3.63, 3.8) is 0 Å². The highest BCUT2D eigenvalue weighted by Crippen LogP contribution is 2.41. The van der Waals surface area contributed by atoms with Crippen LogP contribution in [0.3, 0.4) is 0 Å². The Labute approximate surface area is 170 Å². The standard InChI is InChI=1S/C18H10ClF2N3O2S2/c19-15-10-3-1-2-4-13(10)28-16(15)17-23-24-18(26-17)27-8-14(25)22-12-6-5-9(20)7-11(12)21/h1-7H,8H2,(H,22,25). The molecule has 0 aliphatic heterocycles. The Hall–Kier alpha value is -2.49. The lowest BCUT2D eigenvalue weighted by molar-refractivity contribution is -0.113. The molecule has 0 unspecified atom stereocenters. The molecule has 0 aliphatic carbocycles. The van der Waals surface area contributed by atoms with E-state index < -0.39 is 17.5 Å². The average molecular weight is 438 g/mol. The first-order chi connectivity index (χ1) is 13.5. The third kappa shape index (κ3) is 3.87. The number of aromatic nitrogens is 2. The summed E-state index contributed by atoms with van der Waals surface area (Å²) in [6, 6.07) is 10.6. The maximum atomic E-state index is 13.6. The number of hydrogen-bond acceptors (Lipinski definition) is 6. The van der Waals surface area contributed by atoms with E-state index in [-0.39, 0.29) is 22.6 Å². The van der Waals surface area contributed by atoms with Gasteiger partial charge in [-0.2, -0.15) is 0 Å². The topological polar surface area (TPSA) is 68.0 Å². The molecule has 0 saturated heterocycles. The minimum absolute atomic E-state index is 0.0847. The van der Waals surface area contributed by atoms with Crippen molar-refractivity contribution in [2.24, 2.45) is 0 Å². The average Bonchev–Trinajstić information content (AvgIpc) is 3.27. The van der Waals surface area contributed by atoms with Crippen LogP contribution in [0.4, 0.5) is 14.5 Å². The molecular formula is C18H10ClF2N3O2S2. The van der Waals surface area contributed by atoms with Gasteiger partial charge in [0.15, 0.2) is 0 Å². The van der Waals surface area contributed by atoms with E-state index in [1.54, 1.807) is 0 Å². The monoisotopic (exact) mass is 437 g/mol. The smallest absolute Gasteiger partial charge is 0.277 e. The summed E-state index contributed by atoms with van der Waals surface area (Å²) in [7, 11) is 0. The highest BCUT2D eigenvalue weighted by molar-refractivity contribution is 7.99. The summed E-state index contributed by atoms with van der Waals surface area (Å²) in [6.45, 7) is 0. The predicted octanol–water partition coefficient (Wildman–Crippen LogP) is 5.61. The van der Waals surface area contributed by atoms with Gasteiger partial charge in [0.25, 0.3) is 11.1 Å². The zero-order chi connectivity index (χ0) is 19.7. The number of amides is 1. The molecule has 2 heterocycles. The molecule has 2 aromatic carbocycles. The normalized spacial score (nSPS) is 11.1. The van der Waals surface area contributed by atoms with Crippen LogP contribution in [-0.2, 0) is 4.79 Å². The molecule has 0 aliphatic rings. The van der Waals surface area contributed by atoms with Crippen LogP contribution in [0.25, 0.3) is 20.9 Å². The van der Waals surface area contributed by atoms with E-state index in [1.807, 2.05) is 24.3 Å². The van der Waals surface area contributed by atoms with Gasteiger partial charge in [-0.15, -0.1) is 21.5 Å². The number of hydrogen-bond donors (Lipinski definition) is 1. The van der Waals surface area contributed by atoms with Gasteiger partial charge in [0.2, 0.25) is 5.91 Å². The van der Waals surface area contributed by atoms with Crippen LogP contribution in [0.1, 0.15) is 0 Å². The highest BCUT2D eigenvalue weighted by Gasteiger charge is 2.18. The Bertz CT molecular complexity index is 1180. The van der Waals surface area contributed by atoms with Crippen molar-refractivity contribution in [2.45, 2.75) is 5.22 Å². The maximum absolute atomic E-state index is 13.6. The number of carbonyl (C=O) groups is 1. The van der Waals surface area contributed by atoms with Crippen molar-refractivity contribution < 1.29 is 18.0 Å². The SMILES string of the molecule is O=C(CSc1nnc(-c2sc3ccccc3c2Cl)o1)Nc1ccc(F)cc1F. The minimum Gasteiger partial charge on any atom is -0.410 e. The van der Waals surface area contributed by atoms with Crippen LogP contribution in [0, 0.1) is 11.6 Å². The first-order valence-corrected chi connectivity index (χ1v) is 10.1. The molecule has 1 N–H and O–H groups in total. The van der Waals surface area contributed by atoms with E-state index in [0.29, 0.717) is 16.0 Å². The van der Waals surface area contributed by atoms with Gasteiger partial charge in [-0.3, -0.25) is 4.79 Å². The van der Waals surface area contributed by atoms with E-state index in [2.05, 4.69) is 15.5 Å². The molecule has 142 valence electrons. The summed E-state index contributed by atoms with van der Waals surface area (Å²) in [6.07, 6.45) is 0. The minimum atomic E-state index is -0.849. The second-order valence-corrected chi connectivity index (χ2v) is 7.93. The molecule has 0 fully saturated rings. The molecule has 0 saturated carbocycles. The maximum Gasteiger partial charge on any atom is 0.277 e. The summed E-state index contributed by atoms with van der Waals surface area (Å²) in [5.41, 5.74) is -0.102. The molecular weight excluding hydrogens is 428 g/mol. The van der Waals surface area contributed by atoms with Crippen molar-refractivity contribution >= 4 is 56.4 Å². The van der Waals surface area contributed by atoms with E-state index in [1.165, 1.54) is 11.3 Å². The zero-order valence-corrected chi connectivity index (χ0v) is 16.3. The third-order valence-corrected chi connectivity index (χ3v) is 6.15. The number of nitrogens with one attached hydrogen (secondary N) is 1. The zero-order valence-electron chi connectivity index (χ0n) is 13.9. The molecule has 28 heavy (non-hydrogen) atoms. The van der Waals surface area contributed by atoms with Gasteiger partial charge in [-0.25, -0.2) is 8.78 Å². The number of fused-ring (bicyclic) bond motifs is 1. The Morgan fingerprint density at radius 3 is 2.82 bits per heavy atom. The molecule has 5 nitrogen and oxygen atoms in total. The number of nitrogens with zero attached hydrogens (tertiary/aromatic N) is 2. The molecule has 0 bridgehead atoms. The van der Waals surface area contributed by atoms with Gasteiger partial charge in [-0.1, -0.05) is 41.6 Å². The van der Waals surface area contributed by atoms with Crippen LogP contribution in [0.2, 0.25) is 5.02 Å². The van der Waals surface area contributed by atoms with E-state index >= 15 is 0 Å². The summed E-state index contributed by atoms with van der Waals surface area (Å²) in [4.78, 5) is 12.6. The van der Waals surface area contributed by atoms with Crippen LogP contribution < -0.4 is 5.32 Å². The molecule has 2 aromatic heterocycles. The van der Waals surface area contributed by atoms with E-state index in [9.17, 15) is 13.6 Å². The highest BCUT2D eigenvalue weighted by atomic mass is 35.5. The number of halogens is 3. The fourth-order valence-corrected chi connectivity index (χ4v) is 4.41. The van der Waals surface area contributed by atoms with Gasteiger partial charge in [-0.05, 0) is 18.2 Å². The Morgan fingerprint density at radius 1 is 1.21 bits per heavy atom. The largest absolute Gasteiger partial charge is 0.410 e. The van der Waals surface area contributed by atoms with Gasteiger partial charge >= 0.3 is 0 Å². The summed E-state index contributed by atoms with van der Waals surface area (Å²) >= 11 is 8.82. The molecule has 4 aromatic rings.